The van der Waals surface area contributed by atoms with Crippen LogP contribution in [0.1, 0.15) is 94.9 Å². The van der Waals surface area contributed by atoms with Gasteiger partial charge >= 0.3 is 304 Å². The van der Waals surface area contributed by atoms with Gasteiger partial charge in [0.15, 0.2) is 0 Å². The summed E-state index contributed by atoms with van der Waals surface area (Å²) in [6.45, 7) is 8.59. The normalized spacial score (nSPS) is 15.6. The molecule has 0 N–H and O–H groups in total. The van der Waals surface area contributed by atoms with Gasteiger partial charge in [0, 0.05) is 0 Å². The standard InChI is InChI=1S/2C23H21O.2ClH.Zr/c2*1-3-5-17-9-11-18(12-10-17)19-6-4-7-20-21(19)13-14-22(20)23-15-8-16(2)24-23;;;/h2*4,6-13,15,22H,3,5H2,1-2H3;2*1H;/q;;;;+2/p-2. The second-order valence-electron chi connectivity index (χ2n) is 13.6. The fourth-order valence-electron chi connectivity index (χ4n) is 7.80. The van der Waals surface area contributed by atoms with Crippen molar-refractivity contribution in [3.05, 3.63) is 172 Å². The summed E-state index contributed by atoms with van der Waals surface area (Å²) in [6.07, 6.45) is 9.61. The van der Waals surface area contributed by atoms with Gasteiger partial charge in [0.1, 0.15) is 0 Å². The van der Waals surface area contributed by atoms with Crippen LogP contribution >= 0.6 is 0 Å². The van der Waals surface area contributed by atoms with Crippen LogP contribution < -0.4 is 24.8 Å². The van der Waals surface area contributed by atoms with Crippen molar-refractivity contribution in [1.29, 1.82) is 0 Å². The van der Waals surface area contributed by atoms with Crippen LogP contribution in [0.2, 0.25) is 0 Å². The van der Waals surface area contributed by atoms with Gasteiger partial charge in [-0.15, -0.1) is 0 Å². The first-order valence-corrected chi connectivity index (χ1v) is 20.2. The number of halogens is 2. The fourth-order valence-corrected chi connectivity index (χ4v) is 11.9. The molecule has 2 aromatic heterocycles. The van der Waals surface area contributed by atoms with Gasteiger partial charge in [-0.05, 0) is 0 Å². The van der Waals surface area contributed by atoms with Gasteiger partial charge in [0.25, 0.3) is 0 Å². The molecular weight excluding hydrogens is 747 g/mol. The summed E-state index contributed by atoms with van der Waals surface area (Å²) in [6, 6.07) is 40.7. The molecule has 51 heavy (non-hydrogen) atoms. The van der Waals surface area contributed by atoms with Crippen LogP contribution in [0.25, 0.3) is 34.4 Å². The minimum atomic E-state index is -1.34. The van der Waals surface area contributed by atoms with Gasteiger partial charge in [0.2, 0.25) is 0 Å². The van der Waals surface area contributed by atoms with Crippen molar-refractivity contribution in [2.24, 2.45) is 0 Å². The van der Waals surface area contributed by atoms with E-state index >= 15 is 0 Å². The van der Waals surface area contributed by atoms with Gasteiger partial charge < -0.3 is 24.8 Å². The quantitative estimate of drug-likeness (QED) is 0.159. The minimum absolute atomic E-state index is 0. The van der Waals surface area contributed by atoms with Gasteiger partial charge in [-0.2, -0.15) is 0 Å². The first-order chi connectivity index (χ1) is 24.0. The van der Waals surface area contributed by atoms with Crippen LogP contribution in [-0.4, -0.2) is 0 Å². The molecule has 8 rings (SSSR count). The SMILES string of the molecule is CCCc1ccc(-c2cccc3c2C=[C]([Zr+2][C]2=Cc4c(-c5ccc(CCC)cc5)cccc4C2c2ccc(C)o2)C3c2ccc(C)o2)cc1.[Cl-].[Cl-]. The van der Waals surface area contributed by atoms with E-state index in [1.807, 2.05) is 0 Å². The number of hydrogen-bond acceptors (Lipinski definition) is 2. The van der Waals surface area contributed by atoms with Crippen LogP contribution in [0, 0.1) is 13.8 Å². The van der Waals surface area contributed by atoms with Crippen LogP contribution in [0.4, 0.5) is 0 Å². The molecular formula is C46H42Cl2O2Zr. The van der Waals surface area contributed by atoms with Crippen molar-refractivity contribution < 1.29 is 56.9 Å². The van der Waals surface area contributed by atoms with Crippen molar-refractivity contribution in [2.45, 2.75) is 65.2 Å². The summed E-state index contributed by atoms with van der Waals surface area (Å²) >= 11 is -1.34. The predicted octanol–water partition coefficient (Wildman–Crippen LogP) is 6.49. The Morgan fingerprint density at radius 3 is 1.27 bits per heavy atom. The van der Waals surface area contributed by atoms with Crippen LogP contribution in [0.5, 0.6) is 0 Å². The number of benzene rings is 4. The molecule has 0 radical (unpaired) electrons. The summed E-state index contributed by atoms with van der Waals surface area (Å²) in [5.74, 6) is 4.28. The summed E-state index contributed by atoms with van der Waals surface area (Å²) in [5, 5.41) is 0. The topological polar surface area (TPSA) is 26.3 Å². The molecule has 0 saturated heterocycles. The molecule has 2 heterocycles. The van der Waals surface area contributed by atoms with Crippen molar-refractivity contribution in [1.82, 2.24) is 0 Å². The average Bonchev–Trinajstić information content (AvgIpc) is 3.90. The Bertz CT molecular complexity index is 2040. The Hall–Kier alpha value is -3.62. The Kier molecular flexibility index (Phi) is 11.6. The number of aryl methyl sites for hydroxylation is 4. The van der Waals surface area contributed by atoms with Crippen molar-refractivity contribution in [2.75, 3.05) is 0 Å². The Balaban J connectivity index is 0.00000224. The minimum Gasteiger partial charge on any atom is -1.00 e. The third-order valence-corrected chi connectivity index (χ3v) is 13.7. The van der Waals surface area contributed by atoms with Gasteiger partial charge in [-0.25, -0.2) is 0 Å². The monoisotopic (exact) mass is 786 g/mol. The van der Waals surface area contributed by atoms with Gasteiger partial charge in [-0.3, -0.25) is 0 Å². The molecule has 0 fully saturated rings. The summed E-state index contributed by atoms with van der Waals surface area (Å²) in [4.78, 5) is 0. The molecule has 2 nitrogen and oxygen atoms in total. The number of furan rings is 2. The van der Waals surface area contributed by atoms with E-state index in [-0.39, 0.29) is 36.6 Å². The molecule has 2 aliphatic carbocycles. The molecule has 2 aliphatic rings. The first kappa shape index (κ1) is 37.2. The van der Waals surface area contributed by atoms with Crippen molar-refractivity contribution in [3.63, 3.8) is 0 Å². The molecule has 2 unspecified atom stereocenters. The van der Waals surface area contributed by atoms with E-state index in [0.717, 1.165) is 48.7 Å². The summed E-state index contributed by atoms with van der Waals surface area (Å²) in [5.41, 5.74) is 13.4. The maximum atomic E-state index is 6.44. The summed E-state index contributed by atoms with van der Waals surface area (Å²) in [7, 11) is 0. The van der Waals surface area contributed by atoms with E-state index in [1.165, 1.54) is 62.2 Å². The van der Waals surface area contributed by atoms with E-state index in [9.17, 15) is 0 Å². The third-order valence-electron chi connectivity index (χ3n) is 10.1. The molecule has 2 atom stereocenters. The molecule has 5 heteroatoms. The molecule has 0 saturated carbocycles. The Morgan fingerprint density at radius 1 is 0.510 bits per heavy atom. The maximum absolute atomic E-state index is 6.44. The zero-order chi connectivity index (χ0) is 33.5. The summed E-state index contributed by atoms with van der Waals surface area (Å²) < 4.78 is 15.9. The fraction of sp³-hybridized carbons (Fsp3) is 0.217. The zero-order valence-electron chi connectivity index (χ0n) is 29.6. The predicted molar refractivity (Wildman–Crippen MR) is 198 cm³/mol. The molecule has 0 bridgehead atoms. The van der Waals surface area contributed by atoms with E-state index in [2.05, 4.69) is 149 Å². The molecule has 256 valence electrons. The zero-order valence-corrected chi connectivity index (χ0v) is 33.6. The van der Waals surface area contributed by atoms with E-state index in [1.54, 1.807) is 0 Å². The third kappa shape index (κ3) is 7.23. The van der Waals surface area contributed by atoms with E-state index in [4.69, 9.17) is 8.83 Å². The largest absolute Gasteiger partial charge is 1.00 e. The number of allylic oxidation sites excluding steroid dienone is 2. The molecule has 0 aliphatic heterocycles. The number of fused-ring (bicyclic) bond motifs is 2. The van der Waals surface area contributed by atoms with Crippen LogP contribution in [0.3, 0.4) is 0 Å². The maximum Gasteiger partial charge on any atom is -1.00 e. The van der Waals surface area contributed by atoms with Gasteiger partial charge in [0.05, 0.1) is 0 Å². The number of rotatable bonds is 10. The van der Waals surface area contributed by atoms with Crippen LogP contribution in [-0.2, 0) is 36.1 Å². The second kappa shape index (κ2) is 16.0. The second-order valence-corrected chi connectivity index (χ2v) is 17.1. The first-order valence-electron chi connectivity index (χ1n) is 17.8. The Labute approximate surface area is 326 Å². The Morgan fingerprint density at radius 2 is 0.922 bits per heavy atom. The molecule has 6 aromatic rings. The average molecular weight is 789 g/mol. The van der Waals surface area contributed by atoms with Crippen LogP contribution in [0.15, 0.2) is 125 Å². The smallest absolute Gasteiger partial charge is 1.00 e. The van der Waals surface area contributed by atoms with Crippen molar-refractivity contribution in [3.8, 4) is 22.3 Å². The number of hydrogen-bond donors (Lipinski definition) is 0. The molecule has 0 amide bonds. The van der Waals surface area contributed by atoms with E-state index in [0.29, 0.717) is 0 Å². The van der Waals surface area contributed by atoms with Crippen molar-refractivity contribution >= 4 is 12.2 Å². The van der Waals surface area contributed by atoms with Gasteiger partial charge in [-0.1, -0.05) is 0 Å². The molecule has 4 aromatic carbocycles. The molecule has 0 spiro atoms. The van der Waals surface area contributed by atoms with E-state index < -0.39 is 23.2 Å².